The van der Waals surface area contributed by atoms with Crippen molar-refractivity contribution in [2.45, 2.75) is 9.92 Å². The first-order valence-corrected chi connectivity index (χ1v) is 9.11. The minimum absolute atomic E-state index is 0.0647. The molecule has 0 bridgehead atoms. The molecule has 0 amide bonds. The number of oxazole rings is 1. The third kappa shape index (κ3) is 3.13. The Morgan fingerprint density at radius 3 is 2.04 bits per heavy atom. The van der Waals surface area contributed by atoms with Gasteiger partial charge in [-0.3, -0.25) is 0 Å². The zero-order valence-corrected chi connectivity index (χ0v) is 14.8. The third-order valence-corrected chi connectivity index (χ3v) is 5.48. The fourth-order valence-electron chi connectivity index (χ4n) is 2.09. The Labute approximate surface area is 149 Å². The van der Waals surface area contributed by atoms with E-state index in [-0.39, 0.29) is 21.7 Å². The highest BCUT2D eigenvalue weighted by atomic mass is 35.5. The Kier molecular flexibility index (Phi) is 4.54. The van der Waals surface area contributed by atoms with E-state index in [2.05, 4.69) is 10.3 Å². The van der Waals surface area contributed by atoms with Crippen molar-refractivity contribution in [3.05, 3.63) is 58.6 Å². The lowest BCUT2D eigenvalue weighted by atomic mass is 10.2. The summed E-state index contributed by atoms with van der Waals surface area (Å²) in [6, 6.07) is 12.6. The maximum Gasteiger partial charge on any atom is 0.233 e. The Morgan fingerprint density at radius 1 is 0.958 bits per heavy atom. The molecule has 124 valence electrons. The molecule has 0 saturated heterocycles. The van der Waals surface area contributed by atoms with Crippen LogP contribution >= 0.6 is 23.2 Å². The van der Waals surface area contributed by atoms with E-state index < -0.39 is 9.84 Å². The molecular weight excluding hydrogens is 371 g/mol. The number of sulfone groups is 1. The topological polar surface area (TPSA) is 72.2 Å². The molecule has 1 N–H and O–H groups in total. The number of hydrogen-bond donors (Lipinski definition) is 1. The van der Waals surface area contributed by atoms with Gasteiger partial charge in [0.25, 0.3) is 0 Å². The van der Waals surface area contributed by atoms with Crippen molar-refractivity contribution in [3.8, 4) is 11.5 Å². The lowest BCUT2D eigenvalue weighted by molar-refractivity contribution is 0.580. The highest BCUT2D eigenvalue weighted by Crippen LogP contribution is 2.32. The van der Waals surface area contributed by atoms with Gasteiger partial charge < -0.3 is 9.73 Å². The van der Waals surface area contributed by atoms with Crippen molar-refractivity contribution in [1.82, 2.24) is 4.98 Å². The van der Waals surface area contributed by atoms with E-state index in [4.69, 9.17) is 27.6 Å². The molecule has 0 radical (unpaired) electrons. The molecule has 0 aliphatic rings. The van der Waals surface area contributed by atoms with E-state index >= 15 is 0 Å². The summed E-state index contributed by atoms with van der Waals surface area (Å²) in [5.74, 6) is 0.249. The monoisotopic (exact) mass is 382 g/mol. The first-order valence-electron chi connectivity index (χ1n) is 6.87. The van der Waals surface area contributed by atoms with Gasteiger partial charge in [-0.25, -0.2) is 8.42 Å². The fourth-order valence-corrected chi connectivity index (χ4v) is 3.65. The standard InChI is InChI=1S/C16H12Cl2N2O3S/c1-19-15-16(24(21,22)13-8-6-12(18)7-9-13)20-14(23-15)10-2-4-11(17)5-3-10/h2-9,19H,1H3. The largest absolute Gasteiger partial charge is 0.419 e. The summed E-state index contributed by atoms with van der Waals surface area (Å²) >= 11 is 11.7. The summed E-state index contributed by atoms with van der Waals surface area (Å²) in [6.45, 7) is 0. The van der Waals surface area contributed by atoms with Crippen LogP contribution in [0.25, 0.3) is 11.5 Å². The highest BCUT2D eigenvalue weighted by molar-refractivity contribution is 7.91. The van der Waals surface area contributed by atoms with Crippen molar-refractivity contribution in [1.29, 1.82) is 0 Å². The smallest absolute Gasteiger partial charge is 0.233 e. The van der Waals surface area contributed by atoms with Crippen LogP contribution in [0.5, 0.6) is 0 Å². The Bertz CT molecular complexity index is 966. The van der Waals surface area contributed by atoms with Gasteiger partial charge in [0, 0.05) is 22.7 Å². The van der Waals surface area contributed by atoms with E-state index in [1.54, 1.807) is 31.3 Å². The minimum atomic E-state index is -3.85. The van der Waals surface area contributed by atoms with Crippen LogP contribution in [0, 0.1) is 0 Å². The Balaban J connectivity index is 2.10. The highest BCUT2D eigenvalue weighted by Gasteiger charge is 2.28. The van der Waals surface area contributed by atoms with Crippen molar-refractivity contribution in [3.63, 3.8) is 0 Å². The normalized spacial score (nSPS) is 11.5. The second-order valence-electron chi connectivity index (χ2n) is 4.87. The molecule has 3 rings (SSSR count). The minimum Gasteiger partial charge on any atom is -0.419 e. The van der Waals surface area contributed by atoms with E-state index in [9.17, 15) is 8.42 Å². The average molecular weight is 383 g/mol. The zero-order chi connectivity index (χ0) is 17.3. The van der Waals surface area contributed by atoms with E-state index in [1.807, 2.05) is 0 Å². The molecule has 0 aliphatic heterocycles. The van der Waals surface area contributed by atoms with Crippen LogP contribution in [0.1, 0.15) is 0 Å². The van der Waals surface area contributed by atoms with Crippen LogP contribution in [-0.4, -0.2) is 20.4 Å². The van der Waals surface area contributed by atoms with Crippen LogP contribution in [0.3, 0.4) is 0 Å². The van der Waals surface area contributed by atoms with Crippen LogP contribution in [-0.2, 0) is 9.84 Å². The maximum atomic E-state index is 12.8. The number of rotatable bonds is 4. The van der Waals surface area contributed by atoms with Gasteiger partial charge in [-0.2, -0.15) is 4.98 Å². The van der Waals surface area contributed by atoms with Crippen molar-refractivity contribution < 1.29 is 12.8 Å². The van der Waals surface area contributed by atoms with Gasteiger partial charge in [0.2, 0.25) is 26.6 Å². The van der Waals surface area contributed by atoms with E-state index in [1.165, 1.54) is 24.3 Å². The number of nitrogens with one attached hydrogen (secondary N) is 1. The van der Waals surface area contributed by atoms with E-state index in [0.717, 1.165) is 0 Å². The number of aromatic nitrogens is 1. The zero-order valence-electron chi connectivity index (χ0n) is 12.5. The molecule has 0 aliphatic carbocycles. The summed E-state index contributed by atoms with van der Waals surface area (Å²) < 4.78 is 31.1. The van der Waals surface area contributed by atoms with Crippen LogP contribution < -0.4 is 5.32 Å². The van der Waals surface area contributed by atoms with Gasteiger partial charge in [0.15, 0.2) is 0 Å². The lowest BCUT2D eigenvalue weighted by Gasteiger charge is -2.02. The molecule has 0 atom stereocenters. The lowest BCUT2D eigenvalue weighted by Crippen LogP contribution is -2.05. The van der Waals surface area contributed by atoms with Crippen LogP contribution in [0.4, 0.5) is 5.88 Å². The van der Waals surface area contributed by atoms with Crippen molar-refractivity contribution >= 4 is 38.9 Å². The van der Waals surface area contributed by atoms with Crippen molar-refractivity contribution in [2.24, 2.45) is 0 Å². The predicted molar refractivity (Wildman–Crippen MR) is 93.4 cm³/mol. The quantitative estimate of drug-likeness (QED) is 0.717. The van der Waals surface area contributed by atoms with Gasteiger partial charge in [-0.1, -0.05) is 23.2 Å². The van der Waals surface area contributed by atoms with Gasteiger partial charge in [-0.15, -0.1) is 0 Å². The number of nitrogens with zero attached hydrogens (tertiary/aromatic N) is 1. The molecule has 0 spiro atoms. The molecule has 1 aromatic heterocycles. The molecule has 8 heteroatoms. The van der Waals surface area contributed by atoms with Gasteiger partial charge >= 0.3 is 0 Å². The summed E-state index contributed by atoms with van der Waals surface area (Å²) in [5.41, 5.74) is 0.619. The summed E-state index contributed by atoms with van der Waals surface area (Å²) in [5, 5.41) is 3.55. The molecule has 3 aromatic rings. The molecular formula is C16H12Cl2N2O3S. The van der Waals surface area contributed by atoms with Gasteiger partial charge in [0.05, 0.1) is 4.90 Å². The summed E-state index contributed by atoms with van der Waals surface area (Å²) in [4.78, 5) is 4.24. The maximum absolute atomic E-state index is 12.8. The average Bonchev–Trinajstić information content (AvgIpc) is 3.01. The Hall–Kier alpha value is -2.02. The molecule has 24 heavy (non-hydrogen) atoms. The SMILES string of the molecule is CNc1oc(-c2ccc(Cl)cc2)nc1S(=O)(=O)c1ccc(Cl)cc1. The number of hydrogen-bond acceptors (Lipinski definition) is 5. The Morgan fingerprint density at radius 2 is 1.50 bits per heavy atom. The van der Waals surface area contributed by atoms with Gasteiger partial charge in [0.1, 0.15) is 0 Å². The number of halogens is 2. The second-order valence-corrected chi connectivity index (χ2v) is 7.61. The first-order chi connectivity index (χ1) is 11.4. The second kappa shape index (κ2) is 6.47. The van der Waals surface area contributed by atoms with Crippen LogP contribution in [0.2, 0.25) is 10.0 Å². The molecule has 0 unspecified atom stereocenters. The summed E-state index contributed by atoms with van der Waals surface area (Å²) in [7, 11) is -2.28. The van der Waals surface area contributed by atoms with Crippen LogP contribution in [0.15, 0.2) is 62.9 Å². The van der Waals surface area contributed by atoms with Crippen molar-refractivity contribution in [2.75, 3.05) is 12.4 Å². The number of benzene rings is 2. The third-order valence-electron chi connectivity index (χ3n) is 3.29. The first kappa shape index (κ1) is 16.8. The summed E-state index contributed by atoms with van der Waals surface area (Å²) in [6.07, 6.45) is 0. The molecule has 5 nitrogen and oxygen atoms in total. The van der Waals surface area contributed by atoms with Gasteiger partial charge in [-0.05, 0) is 48.5 Å². The molecule has 0 fully saturated rings. The predicted octanol–water partition coefficient (Wildman–Crippen LogP) is 4.52. The molecule has 0 saturated carbocycles. The molecule has 1 heterocycles. The fraction of sp³-hybridized carbons (Fsp3) is 0.0625. The van der Waals surface area contributed by atoms with E-state index in [0.29, 0.717) is 15.6 Å². The number of anilines is 1. The molecule has 2 aromatic carbocycles.